The average Bonchev–Trinajstić information content (AvgIpc) is 2.22. The lowest BCUT2D eigenvalue weighted by Crippen LogP contribution is -2.23. The zero-order chi connectivity index (χ0) is 13.2. The molecule has 17 heavy (non-hydrogen) atoms. The van der Waals surface area contributed by atoms with Gasteiger partial charge in [-0.05, 0) is 31.8 Å². The molecule has 4 heteroatoms. The summed E-state index contributed by atoms with van der Waals surface area (Å²) >= 11 is 0. The summed E-state index contributed by atoms with van der Waals surface area (Å²) in [5, 5.41) is 19.0. The zero-order valence-corrected chi connectivity index (χ0v) is 10.8. The maximum Gasteiger partial charge on any atom is 0.165 e. The predicted molar refractivity (Wildman–Crippen MR) is 65.6 cm³/mol. The number of hydrogen-bond donors (Lipinski definition) is 2. The van der Waals surface area contributed by atoms with Gasteiger partial charge in [0.15, 0.2) is 11.6 Å². The number of benzene rings is 1. The second-order valence-corrected chi connectivity index (χ2v) is 5.25. The van der Waals surface area contributed by atoms with Gasteiger partial charge >= 0.3 is 0 Å². The van der Waals surface area contributed by atoms with E-state index in [1.165, 1.54) is 6.07 Å². The zero-order valence-electron chi connectivity index (χ0n) is 10.8. The summed E-state index contributed by atoms with van der Waals surface area (Å²) in [6.45, 7) is 3.97. The Morgan fingerprint density at radius 2 is 1.88 bits per heavy atom. The van der Waals surface area contributed by atoms with Gasteiger partial charge in [0.25, 0.3) is 0 Å². The topological polar surface area (TPSA) is 43.7 Å². The van der Waals surface area contributed by atoms with Gasteiger partial charge in [0.05, 0.1) is 6.61 Å². The fraction of sp³-hybridized carbons (Fsp3) is 0.538. The van der Waals surface area contributed by atoms with Crippen LogP contribution in [-0.4, -0.2) is 35.8 Å². The first-order valence-electron chi connectivity index (χ1n) is 5.55. The lowest BCUT2D eigenvalue weighted by atomic mass is 9.84. The molecule has 0 aliphatic heterocycles. The van der Waals surface area contributed by atoms with Gasteiger partial charge in [-0.1, -0.05) is 13.8 Å². The highest BCUT2D eigenvalue weighted by Gasteiger charge is 2.25. The van der Waals surface area contributed by atoms with Crippen LogP contribution in [0.25, 0.3) is 0 Å². The van der Waals surface area contributed by atoms with Crippen LogP contribution in [-0.2, 0) is 12.0 Å². The monoisotopic (exact) mass is 241 g/mol. The minimum Gasteiger partial charge on any atom is -0.505 e. The highest BCUT2D eigenvalue weighted by Crippen LogP contribution is 2.33. The lowest BCUT2D eigenvalue weighted by Gasteiger charge is -2.24. The second-order valence-electron chi connectivity index (χ2n) is 5.25. The Morgan fingerprint density at radius 3 is 2.35 bits per heavy atom. The number of aromatic hydroxyl groups is 1. The van der Waals surface area contributed by atoms with Crippen LogP contribution in [0.2, 0.25) is 0 Å². The van der Waals surface area contributed by atoms with Gasteiger partial charge in [-0.15, -0.1) is 0 Å². The molecule has 0 bridgehead atoms. The fourth-order valence-corrected chi connectivity index (χ4v) is 1.71. The van der Waals surface area contributed by atoms with E-state index in [1.54, 1.807) is 19.9 Å². The third kappa shape index (κ3) is 3.17. The van der Waals surface area contributed by atoms with Crippen molar-refractivity contribution in [2.75, 3.05) is 20.7 Å². The van der Waals surface area contributed by atoms with Crippen LogP contribution in [0.4, 0.5) is 4.39 Å². The average molecular weight is 241 g/mol. The standard InChI is InChI=1S/C13H20FNO2/c1-13(2,8-16)10-5-9(7-15(3)4)6-11(14)12(10)17/h5-6,16-17H,7-8H2,1-4H3. The summed E-state index contributed by atoms with van der Waals surface area (Å²) in [7, 11) is 3.78. The van der Waals surface area contributed by atoms with Crippen LogP contribution < -0.4 is 0 Å². The van der Waals surface area contributed by atoms with E-state index in [4.69, 9.17) is 0 Å². The van der Waals surface area contributed by atoms with Crippen LogP contribution in [0.1, 0.15) is 25.0 Å². The molecule has 0 fully saturated rings. The van der Waals surface area contributed by atoms with Gasteiger partial charge in [0.1, 0.15) is 0 Å². The first kappa shape index (κ1) is 13.9. The Labute approximate surface area is 101 Å². The molecule has 1 aromatic rings. The fourth-order valence-electron chi connectivity index (χ4n) is 1.71. The predicted octanol–water partition coefficient (Wildman–Crippen LogP) is 1.86. The van der Waals surface area contributed by atoms with Crippen LogP contribution in [0, 0.1) is 5.82 Å². The van der Waals surface area contributed by atoms with E-state index in [1.807, 2.05) is 19.0 Å². The number of nitrogens with zero attached hydrogens (tertiary/aromatic N) is 1. The Morgan fingerprint density at radius 1 is 1.29 bits per heavy atom. The molecule has 0 spiro atoms. The molecule has 96 valence electrons. The van der Waals surface area contributed by atoms with E-state index in [2.05, 4.69) is 0 Å². The van der Waals surface area contributed by atoms with Crippen molar-refractivity contribution < 1.29 is 14.6 Å². The summed E-state index contributed by atoms with van der Waals surface area (Å²) in [4.78, 5) is 1.92. The van der Waals surface area contributed by atoms with Crippen molar-refractivity contribution in [2.24, 2.45) is 0 Å². The minimum absolute atomic E-state index is 0.147. The molecule has 0 saturated heterocycles. The van der Waals surface area contributed by atoms with Crippen molar-refractivity contribution >= 4 is 0 Å². The largest absolute Gasteiger partial charge is 0.505 e. The summed E-state index contributed by atoms with van der Waals surface area (Å²) in [5.41, 5.74) is 0.562. The second kappa shape index (κ2) is 5.02. The lowest BCUT2D eigenvalue weighted by molar-refractivity contribution is 0.214. The molecule has 0 aliphatic rings. The van der Waals surface area contributed by atoms with Crippen molar-refractivity contribution in [1.29, 1.82) is 0 Å². The molecule has 1 rings (SSSR count). The maximum absolute atomic E-state index is 13.6. The van der Waals surface area contributed by atoms with Crippen LogP contribution in [0.3, 0.4) is 0 Å². The smallest absolute Gasteiger partial charge is 0.165 e. The molecule has 0 aliphatic carbocycles. The third-order valence-electron chi connectivity index (χ3n) is 2.75. The number of halogens is 1. The Hall–Kier alpha value is -1.13. The number of phenols is 1. The minimum atomic E-state index is -0.659. The van der Waals surface area contributed by atoms with E-state index in [9.17, 15) is 14.6 Å². The number of aliphatic hydroxyl groups is 1. The van der Waals surface area contributed by atoms with Gasteiger partial charge < -0.3 is 15.1 Å². The highest BCUT2D eigenvalue weighted by atomic mass is 19.1. The van der Waals surface area contributed by atoms with E-state index in [0.29, 0.717) is 12.1 Å². The molecule has 0 radical (unpaired) electrons. The molecule has 0 atom stereocenters. The number of phenolic OH excluding ortho intramolecular Hbond substituents is 1. The summed E-state index contributed by atoms with van der Waals surface area (Å²) in [6, 6.07) is 3.07. The van der Waals surface area contributed by atoms with Gasteiger partial charge in [-0.25, -0.2) is 4.39 Å². The Balaban J connectivity index is 3.25. The molecular weight excluding hydrogens is 221 g/mol. The summed E-state index contributed by atoms with van der Waals surface area (Å²) < 4.78 is 13.6. The summed E-state index contributed by atoms with van der Waals surface area (Å²) in [5.74, 6) is -1.01. The molecule has 0 amide bonds. The number of hydrogen-bond acceptors (Lipinski definition) is 3. The quantitative estimate of drug-likeness (QED) is 0.845. The molecular formula is C13H20FNO2. The molecule has 1 aromatic carbocycles. The van der Waals surface area contributed by atoms with E-state index in [0.717, 1.165) is 5.56 Å². The van der Waals surface area contributed by atoms with E-state index < -0.39 is 11.2 Å². The first-order chi connectivity index (χ1) is 7.77. The molecule has 0 saturated carbocycles. The number of aliphatic hydroxyl groups excluding tert-OH is 1. The van der Waals surface area contributed by atoms with Crippen molar-refractivity contribution in [1.82, 2.24) is 4.90 Å². The maximum atomic E-state index is 13.6. The number of rotatable bonds is 4. The SMILES string of the molecule is CN(C)Cc1cc(F)c(O)c(C(C)(C)CO)c1. The highest BCUT2D eigenvalue weighted by molar-refractivity contribution is 5.42. The molecule has 3 nitrogen and oxygen atoms in total. The van der Waals surface area contributed by atoms with Gasteiger partial charge in [-0.3, -0.25) is 0 Å². The van der Waals surface area contributed by atoms with Crippen molar-refractivity contribution in [3.05, 3.63) is 29.1 Å². The first-order valence-corrected chi connectivity index (χ1v) is 5.55. The van der Waals surface area contributed by atoms with Gasteiger partial charge in [0, 0.05) is 17.5 Å². The molecule has 0 unspecified atom stereocenters. The van der Waals surface area contributed by atoms with Gasteiger partial charge in [-0.2, -0.15) is 0 Å². The molecule has 0 aromatic heterocycles. The Kier molecular flexibility index (Phi) is 4.11. The normalized spacial score (nSPS) is 12.2. The van der Waals surface area contributed by atoms with Crippen molar-refractivity contribution in [2.45, 2.75) is 25.8 Å². The molecule has 0 heterocycles. The third-order valence-corrected chi connectivity index (χ3v) is 2.75. The van der Waals surface area contributed by atoms with E-state index >= 15 is 0 Å². The molecule has 2 N–H and O–H groups in total. The van der Waals surface area contributed by atoms with Crippen molar-refractivity contribution in [3.63, 3.8) is 0 Å². The van der Waals surface area contributed by atoms with E-state index in [-0.39, 0.29) is 12.4 Å². The van der Waals surface area contributed by atoms with Crippen molar-refractivity contribution in [3.8, 4) is 5.75 Å². The summed E-state index contributed by atoms with van der Waals surface area (Å²) in [6.07, 6.45) is 0. The Bertz CT molecular complexity index is 403. The van der Waals surface area contributed by atoms with Crippen LogP contribution >= 0.6 is 0 Å². The van der Waals surface area contributed by atoms with Crippen LogP contribution in [0.5, 0.6) is 5.75 Å². The van der Waals surface area contributed by atoms with Gasteiger partial charge in [0.2, 0.25) is 0 Å². The van der Waals surface area contributed by atoms with Crippen LogP contribution in [0.15, 0.2) is 12.1 Å².